The van der Waals surface area contributed by atoms with Crippen molar-refractivity contribution >= 4 is 35.1 Å². The van der Waals surface area contributed by atoms with Crippen LogP contribution in [0.3, 0.4) is 0 Å². The maximum atomic E-state index is 13.1. The molecule has 1 aromatic heterocycles. The Hall–Kier alpha value is -3.65. The molecule has 0 saturated carbocycles. The number of allylic oxidation sites excluding steroid dienone is 1. The summed E-state index contributed by atoms with van der Waals surface area (Å²) >= 11 is 6.19. The number of benzene rings is 2. The minimum atomic E-state index is -0.521. The molecule has 0 radical (unpaired) electrons. The zero-order valence-corrected chi connectivity index (χ0v) is 20.3. The summed E-state index contributed by atoms with van der Waals surface area (Å²) in [5.41, 5.74) is 4.48. The molecule has 0 bridgehead atoms. The molecule has 0 unspecified atom stereocenters. The number of halogens is 1. The first-order valence-electron chi connectivity index (χ1n) is 11.0. The van der Waals surface area contributed by atoms with E-state index in [1.807, 2.05) is 44.2 Å². The lowest BCUT2D eigenvalue weighted by atomic mass is 9.94. The summed E-state index contributed by atoms with van der Waals surface area (Å²) in [6.07, 6.45) is 1.42. The zero-order chi connectivity index (χ0) is 24.4. The van der Waals surface area contributed by atoms with Crippen LogP contribution in [0, 0.1) is 13.8 Å². The van der Waals surface area contributed by atoms with Gasteiger partial charge in [-0.05, 0) is 51.0 Å². The number of amides is 1. The molecule has 1 aliphatic heterocycles. The first-order valence-corrected chi connectivity index (χ1v) is 11.4. The molecule has 1 atom stereocenters. The fourth-order valence-electron chi connectivity index (χ4n) is 3.96. The quantitative estimate of drug-likeness (QED) is 0.526. The van der Waals surface area contributed by atoms with E-state index in [4.69, 9.17) is 16.3 Å². The number of esters is 1. The molecule has 3 aromatic rings. The largest absolute Gasteiger partial charge is 0.463 e. The Morgan fingerprint density at radius 2 is 1.85 bits per heavy atom. The van der Waals surface area contributed by atoms with Crippen molar-refractivity contribution in [1.29, 1.82) is 0 Å². The summed E-state index contributed by atoms with van der Waals surface area (Å²) in [5, 5.41) is 7.82. The molecule has 34 heavy (non-hydrogen) atoms. The van der Waals surface area contributed by atoms with Gasteiger partial charge in [0.25, 0.3) is 0 Å². The Balaban J connectivity index is 1.71. The van der Waals surface area contributed by atoms with E-state index in [0.717, 1.165) is 16.7 Å². The number of carbonyl (C=O) groups is 2. The van der Waals surface area contributed by atoms with Gasteiger partial charge in [-0.1, -0.05) is 47.5 Å². The predicted octanol–water partition coefficient (Wildman–Crippen LogP) is 4.43. The van der Waals surface area contributed by atoms with Crippen LogP contribution in [0.1, 0.15) is 36.6 Å². The molecule has 1 N–H and O–H groups in total. The van der Waals surface area contributed by atoms with Crippen LogP contribution < -0.4 is 10.2 Å². The molecular weight excluding hydrogens is 454 g/mol. The number of hydrogen-bond acceptors (Lipinski definition) is 6. The second-order valence-corrected chi connectivity index (χ2v) is 8.54. The Labute approximate surface area is 203 Å². The number of nitrogens with zero attached hydrogens (tertiary/aromatic N) is 4. The van der Waals surface area contributed by atoms with E-state index in [2.05, 4.69) is 15.4 Å². The third-order valence-corrected chi connectivity index (χ3v) is 6.16. The molecule has 1 aliphatic rings. The minimum absolute atomic E-state index is 0.0699. The highest BCUT2D eigenvalue weighted by Gasteiger charge is 2.38. The molecule has 9 heteroatoms. The smallest absolute Gasteiger partial charge is 0.338 e. The van der Waals surface area contributed by atoms with Crippen LogP contribution in [0.2, 0.25) is 5.02 Å². The number of aryl methyl sites for hydroxylation is 2. The lowest BCUT2D eigenvalue weighted by Gasteiger charge is -2.35. The zero-order valence-electron chi connectivity index (χ0n) is 19.5. The van der Waals surface area contributed by atoms with Gasteiger partial charge < -0.3 is 15.0 Å². The van der Waals surface area contributed by atoms with E-state index in [1.54, 1.807) is 35.6 Å². The van der Waals surface area contributed by atoms with Crippen molar-refractivity contribution in [2.75, 3.05) is 23.4 Å². The van der Waals surface area contributed by atoms with Gasteiger partial charge in [0.15, 0.2) is 0 Å². The van der Waals surface area contributed by atoms with Crippen LogP contribution in [0.25, 0.3) is 0 Å². The third-order valence-electron chi connectivity index (χ3n) is 5.75. The standard InChI is InChI=1S/C25H26ClN5O3/c1-5-34-24(33)22-17(4)30(13-21(32)29-19-11-8-16(3)20(26)12-19)25-27-14-28-31(25)23(22)18-9-6-15(2)7-10-18/h6-12,14,23H,5,13H2,1-4H3,(H,29,32)/t23-/m0/s1. The van der Waals surface area contributed by atoms with E-state index in [-0.39, 0.29) is 19.1 Å². The first-order chi connectivity index (χ1) is 16.3. The van der Waals surface area contributed by atoms with Gasteiger partial charge in [-0.25, -0.2) is 9.48 Å². The SMILES string of the molecule is CCOC(=O)C1=C(C)N(CC(=O)Nc2ccc(C)c(Cl)c2)c2ncnn2[C@H]1c1ccc(C)cc1. The molecular formula is C25H26ClN5O3. The summed E-state index contributed by atoms with van der Waals surface area (Å²) in [5.74, 6) is -0.276. The molecule has 0 saturated heterocycles. The predicted molar refractivity (Wildman–Crippen MR) is 131 cm³/mol. The van der Waals surface area contributed by atoms with E-state index in [9.17, 15) is 9.59 Å². The maximum absolute atomic E-state index is 13.1. The third kappa shape index (κ3) is 4.54. The average molecular weight is 480 g/mol. The first kappa shape index (κ1) is 23.5. The number of hydrogen-bond donors (Lipinski definition) is 1. The van der Waals surface area contributed by atoms with Crippen molar-refractivity contribution in [1.82, 2.24) is 14.8 Å². The Morgan fingerprint density at radius 3 is 2.53 bits per heavy atom. The van der Waals surface area contributed by atoms with Crippen molar-refractivity contribution in [2.24, 2.45) is 0 Å². The molecule has 2 aromatic carbocycles. The number of anilines is 2. The molecule has 0 fully saturated rings. The van der Waals surface area contributed by atoms with Gasteiger partial charge in [-0.3, -0.25) is 4.79 Å². The molecule has 0 spiro atoms. The number of nitrogens with one attached hydrogen (secondary N) is 1. The number of carbonyl (C=O) groups excluding carboxylic acids is 2. The fourth-order valence-corrected chi connectivity index (χ4v) is 4.14. The lowest BCUT2D eigenvalue weighted by Crippen LogP contribution is -2.40. The van der Waals surface area contributed by atoms with Gasteiger partial charge in [0.2, 0.25) is 11.9 Å². The van der Waals surface area contributed by atoms with E-state index < -0.39 is 12.0 Å². The van der Waals surface area contributed by atoms with Crippen LogP contribution in [0.15, 0.2) is 60.1 Å². The molecule has 176 valence electrons. The molecule has 2 heterocycles. The summed E-state index contributed by atoms with van der Waals surface area (Å²) in [6, 6.07) is 12.7. The summed E-state index contributed by atoms with van der Waals surface area (Å²) in [4.78, 5) is 32.1. The highest BCUT2D eigenvalue weighted by atomic mass is 35.5. The summed E-state index contributed by atoms with van der Waals surface area (Å²) in [6.45, 7) is 7.61. The number of ether oxygens (including phenoxy) is 1. The van der Waals surface area contributed by atoms with Crippen molar-refractivity contribution < 1.29 is 14.3 Å². The maximum Gasteiger partial charge on any atom is 0.338 e. The van der Waals surface area contributed by atoms with Crippen molar-refractivity contribution in [3.05, 3.63) is 81.8 Å². The van der Waals surface area contributed by atoms with Crippen molar-refractivity contribution in [3.63, 3.8) is 0 Å². The highest BCUT2D eigenvalue weighted by Crippen LogP contribution is 2.38. The molecule has 1 amide bonds. The van der Waals surface area contributed by atoms with Crippen molar-refractivity contribution in [3.8, 4) is 0 Å². The van der Waals surface area contributed by atoms with Crippen LogP contribution in [-0.4, -0.2) is 39.8 Å². The number of fused-ring (bicyclic) bond motifs is 1. The number of aromatic nitrogens is 3. The lowest BCUT2D eigenvalue weighted by molar-refractivity contribution is -0.139. The van der Waals surface area contributed by atoms with Gasteiger partial charge in [-0.2, -0.15) is 10.1 Å². The van der Waals surface area contributed by atoms with Gasteiger partial charge in [0, 0.05) is 16.4 Å². The highest BCUT2D eigenvalue weighted by molar-refractivity contribution is 6.31. The van der Waals surface area contributed by atoms with E-state index in [0.29, 0.717) is 27.9 Å². The van der Waals surface area contributed by atoms with Crippen LogP contribution >= 0.6 is 11.6 Å². The second-order valence-electron chi connectivity index (χ2n) is 8.14. The average Bonchev–Trinajstić information content (AvgIpc) is 3.28. The van der Waals surface area contributed by atoms with Gasteiger partial charge in [0.1, 0.15) is 18.9 Å². The minimum Gasteiger partial charge on any atom is -0.463 e. The van der Waals surface area contributed by atoms with E-state index in [1.165, 1.54) is 6.33 Å². The normalized spacial score (nSPS) is 15.2. The van der Waals surface area contributed by atoms with Crippen LogP contribution in [0.5, 0.6) is 0 Å². The van der Waals surface area contributed by atoms with Crippen LogP contribution in [-0.2, 0) is 14.3 Å². The summed E-state index contributed by atoms with van der Waals surface area (Å²) < 4.78 is 7.04. The fraction of sp³-hybridized carbons (Fsp3) is 0.280. The second kappa shape index (κ2) is 9.69. The summed E-state index contributed by atoms with van der Waals surface area (Å²) in [7, 11) is 0. The van der Waals surface area contributed by atoms with Crippen LogP contribution in [0.4, 0.5) is 11.6 Å². The topological polar surface area (TPSA) is 89.3 Å². The van der Waals surface area contributed by atoms with Gasteiger partial charge in [-0.15, -0.1) is 0 Å². The molecule has 0 aliphatic carbocycles. The molecule has 8 nitrogen and oxygen atoms in total. The van der Waals surface area contributed by atoms with Gasteiger partial charge in [0.05, 0.1) is 12.2 Å². The van der Waals surface area contributed by atoms with Gasteiger partial charge >= 0.3 is 5.97 Å². The number of rotatable bonds is 6. The van der Waals surface area contributed by atoms with E-state index >= 15 is 0 Å². The Bertz CT molecular complexity index is 1270. The Morgan fingerprint density at radius 1 is 1.12 bits per heavy atom. The monoisotopic (exact) mass is 479 g/mol. The van der Waals surface area contributed by atoms with Crippen molar-refractivity contribution in [2.45, 2.75) is 33.7 Å². The molecule has 4 rings (SSSR count). The Kier molecular flexibility index (Phi) is 6.70.